The maximum atomic E-state index is 5.62. The van der Waals surface area contributed by atoms with Crippen LogP contribution in [0.5, 0.6) is 5.88 Å². The third-order valence-corrected chi connectivity index (χ3v) is 3.50. The van der Waals surface area contributed by atoms with Crippen LogP contribution < -0.4 is 10.5 Å². The third kappa shape index (κ3) is 4.45. The Morgan fingerprint density at radius 2 is 2.00 bits per heavy atom. The van der Waals surface area contributed by atoms with Crippen LogP contribution in [0.25, 0.3) is 0 Å². The molecule has 2 N–H and O–H groups in total. The van der Waals surface area contributed by atoms with E-state index in [4.69, 9.17) is 10.5 Å². The van der Waals surface area contributed by atoms with Crippen molar-refractivity contribution in [2.24, 2.45) is 5.73 Å². The number of pyridine rings is 1. The third-order valence-electron chi connectivity index (χ3n) is 3.50. The lowest BCUT2D eigenvalue weighted by molar-refractivity contribution is 0.252. The fourth-order valence-corrected chi connectivity index (χ4v) is 2.48. The fourth-order valence-electron chi connectivity index (χ4n) is 2.48. The minimum absolute atomic E-state index is 0.692. The van der Waals surface area contributed by atoms with Crippen molar-refractivity contribution >= 4 is 0 Å². The molecule has 0 bridgehead atoms. The van der Waals surface area contributed by atoms with Crippen LogP contribution in [0, 0.1) is 0 Å². The Morgan fingerprint density at radius 1 is 1.21 bits per heavy atom. The summed E-state index contributed by atoms with van der Waals surface area (Å²) in [6, 6.07) is 5.94. The highest BCUT2D eigenvalue weighted by molar-refractivity contribution is 5.15. The quantitative estimate of drug-likeness (QED) is 0.842. The summed E-state index contributed by atoms with van der Waals surface area (Å²) < 4.78 is 5.17. The first-order chi connectivity index (χ1) is 9.31. The molecule has 2 heterocycles. The van der Waals surface area contributed by atoms with Crippen molar-refractivity contribution in [3.8, 4) is 5.88 Å². The van der Waals surface area contributed by atoms with E-state index in [9.17, 15) is 0 Å². The molecular weight excluding hydrogens is 240 g/mol. The Kier molecular flexibility index (Phi) is 5.57. The molecule has 1 aromatic rings. The molecule has 0 amide bonds. The van der Waals surface area contributed by atoms with Gasteiger partial charge >= 0.3 is 0 Å². The molecule has 1 saturated heterocycles. The van der Waals surface area contributed by atoms with Gasteiger partial charge in [-0.15, -0.1) is 0 Å². The van der Waals surface area contributed by atoms with Gasteiger partial charge in [0.25, 0.3) is 0 Å². The lowest BCUT2D eigenvalue weighted by atomic mass is 10.3. The molecule has 1 fully saturated rings. The lowest BCUT2D eigenvalue weighted by Crippen LogP contribution is -2.33. The molecule has 19 heavy (non-hydrogen) atoms. The number of ether oxygens (including phenoxy) is 1. The predicted molar refractivity (Wildman–Crippen MR) is 76.2 cm³/mol. The molecular formula is C14H24N4O. The number of hydrogen-bond acceptors (Lipinski definition) is 5. The molecule has 0 spiro atoms. The highest BCUT2D eigenvalue weighted by atomic mass is 16.5. The van der Waals surface area contributed by atoms with Crippen molar-refractivity contribution in [3.63, 3.8) is 0 Å². The SMILES string of the molecule is COc1cccc(CN2CCCN(CCN)CC2)n1. The molecule has 0 aromatic carbocycles. The summed E-state index contributed by atoms with van der Waals surface area (Å²) in [5.41, 5.74) is 6.70. The van der Waals surface area contributed by atoms with E-state index in [2.05, 4.69) is 20.9 Å². The first-order valence-corrected chi connectivity index (χ1v) is 6.96. The van der Waals surface area contributed by atoms with Crippen molar-refractivity contribution in [1.29, 1.82) is 0 Å². The summed E-state index contributed by atoms with van der Waals surface area (Å²) in [6.07, 6.45) is 1.20. The number of methoxy groups -OCH3 is 1. The maximum Gasteiger partial charge on any atom is 0.213 e. The van der Waals surface area contributed by atoms with Crippen LogP contribution >= 0.6 is 0 Å². The number of hydrogen-bond donors (Lipinski definition) is 1. The van der Waals surface area contributed by atoms with Gasteiger partial charge in [-0.25, -0.2) is 4.98 Å². The number of nitrogens with zero attached hydrogens (tertiary/aromatic N) is 3. The molecule has 1 aromatic heterocycles. The Morgan fingerprint density at radius 3 is 2.79 bits per heavy atom. The van der Waals surface area contributed by atoms with E-state index in [0.717, 1.165) is 51.5 Å². The van der Waals surface area contributed by atoms with E-state index >= 15 is 0 Å². The zero-order valence-electron chi connectivity index (χ0n) is 11.7. The normalized spacial score (nSPS) is 18.2. The van der Waals surface area contributed by atoms with Gasteiger partial charge in [0.15, 0.2) is 0 Å². The van der Waals surface area contributed by atoms with Gasteiger partial charge in [-0.3, -0.25) is 4.90 Å². The molecule has 0 aliphatic carbocycles. The maximum absolute atomic E-state index is 5.62. The van der Waals surface area contributed by atoms with Gasteiger partial charge in [0, 0.05) is 38.8 Å². The van der Waals surface area contributed by atoms with Crippen molar-refractivity contribution in [1.82, 2.24) is 14.8 Å². The standard InChI is InChI=1S/C14H24N4O/c1-19-14-5-2-4-13(16-14)12-18-8-3-7-17(9-6-15)10-11-18/h2,4-5H,3,6-12,15H2,1H3. The second-order valence-electron chi connectivity index (χ2n) is 4.93. The van der Waals surface area contributed by atoms with Crippen molar-refractivity contribution in [2.75, 3.05) is 46.4 Å². The summed E-state index contributed by atoms with van der Waals surface area (Å²) in [5.74, 6) is 0.692. The summed E-state index contributed by atoms with van der Waals surface area (Å²) >= 11 is 0. The van der Waals surface area contributed by atoms with Crippen LogP contribution in [0.1, 0.15) is 12.1 Å². The number of rotatable bonds is 5. The molecule has 0 unspecified atom stereocenters. The van der Waals surface area contributed by atoms with E-state index in [0.29, 0.717) is 5.88 Å². The Labute approximate surface area is 115 Å². The summed E-state index contributed by atoms with van der Waals surface area (Å²) in [7, 11) is 1.66. The number of nitrogens with two attached hydrogens (primary N) is 1. The zero-order valence-corrected chi connectivity index (χ0v) is 11.7. The lowest BCUT2D eigenvalue weighted by Gasteiger charge is -2.21. The molecule has 1 aliphatic heterocycles. The van der Waals surface area contributed by atoms with Crippen LogP contribution in [-0.2, 0) is 6.54 Å². The average molecular weight is 264 g/mol. The molecule has 5 nitrogen and oxygen atoms in total. The van der Waals surface area contributed by atoms with E-state index in [1.54, 1.807) is 7.11 Å². The van der Waals surface area contributed by atoms with Gasteiger partial charge in [-0.05, 0) is 25.6 Å². The van der Waals surface area contributed by atoms with Crippen LogP contribution in [0.2, 0.25) is 0 Å². The Balaban J connectivity index is 1.88. The molecule has 106 valence electrons. The van der Waals surface area contributed by atoms with Crippen molar-refractivity contribution in [3.05, 3.63) is 23.9 Å². The monoisotopic (exact) mass is 264 g/mol. The molecule has 5 heteroatoms. The highest BCUT2D eigenvalue weighted by Crippen LogP contribution is 2.11. The topological polar surface area (TPSA) is 54.6 Å². The fraction of sp³-hybridized carbons (Fsp3) is 0.643. The van der Waals surface area contributed by atoms with Crippen LogP contribution in [0.4, 0.5) is 0 Å². The van der Waals surface area contributed by atoms with Gasteiger partial charge in [-0.2, -0.15) is 0 Å². The summed E-state index contributed by atoms with van der Waals surface area (Å²) in [5, 5.41) is 0. The van der Waals surface area contributed by atoms with E-state index in [-0.39, 0.29) is 0 Å². The molecule has 0 saturated carbocycles. The summed E-state index contributed by atoms with van der Waals surface area (Å²) in [6.45, 7) is 7.11. The second-order valence-corrected chi connectivity index (χ2v) is 4.93. The first-order valence-electron chi connectivity index (χ1n) is 6.96. The summed E-state index contributed by atoms with van der Waals surface area (Å²) in [4.78, 5) is 9.37. The highest BCUT2D eigenvalue weighted by Gasteiger charge is 2.14. The van der Waals surface area contributed by atoms with Crippen LogP contribution in [0.3, 0.4) is 0 Å². The Hall–Kier alpha value is -1.17. The van der Waals surface area contributed by atoms with Crippen molar-refractivity contribution in [2.45, 2.75) is 13.0 Å². The smallest absolute Gasteiger partial charge is 0.213 e. The van der Waals surface area contributed by atoms with Gasteiger partial charge in [0.2, 0.25) is 5.88 Å². The van der Waals surface area contributed by atoms with Crippen LogP contribution in [-0.4, -0.2) is 61.2 Å². The second kappa shape index (κ2) is 7.43. The molecule has 2 rings (SSSR count). The minimum atomic E-state index is 0.692. The van der Waals surface area contributed by atoms with E-state index in [1.165, 1.54) is 6.42 Å². The van der Waals surface area contributed by atoms with E-state index in [1.807, 2.05) is 12.1 Å². The van der Waals surface area contributed by atoms with Gasteiger partial charge in [-0.1, -0.05) is 6.07 Å². The van der Waals surface area contributed by atoms with Gasteiger partial charge < -0.3 is 15.4 Å². The minimum Gasteiger partial charge on any atom is -0.481 e. The van der Waals surface area contributed by atoms with Crippen molar-refractivity contribution < 1.29 is 4.74 Å². The van der Waals surface area contributed by atoms with Gasteiger partial charge in [0.05, 0.1) is 12.8 Å². The largest absolute Gasteiger partial charge is 0.481 e. The number of aromatic nitrogens is 1. The molecule has 0 radical (unpaired) electrons. The molecule has 1 aliphatic rings. The predicted octanol–water partition coefficient (Wildman–Crippen LogP) is 0.557. The molecule has 0 atom stereocenters. The first kappa shape index (κ1) is 14.2. The zero-order chi connectivity index (χ0) is 13.5. The van der Waals surface area contributed by atoms with E-state index < -0.39 is 0 Å². The van der Waals surface area contributed by atoms with Crippen LogP contribution in [0.15, 0.2) is 18.2 Å². The average Bonchev–Trinajstić information content (AvgIpc) is 2.65. The Bertz CT molecular complexity index is 385. The van der Waals surface area contributed by atoms with Gasteiger partial charge in [0.1, 0.15) is 0 Å².